The van der Waals surface area contributed by atoms with E-state index in [1.165, 1.54) is 5.56 Å². The molecular formula is C18H26N4O. The highest BCUT2D eigenvalue weighted by Gasteiger charge is 2.08. The van der Waals surface area contributed by atoms with Crippen LogP contribution in [0.3, 0.4) is 0 Å². The van der Waals surface area contributed by atoms with Gasteiger partial charge in [-0.05, 0) is 30.9 Å². The molecule has 0 bridgehead atoms. The van der Waals surface area contributed by atoms with Crippen LogP contribution in [0.1, 0.15) is 37.4 Å². The summed E-state index contributed by atoms with van der Waals surface area (Å²) in [6, 6.07) is 10.3. The predicted octanol–water partition coefficient (Wildman–Crippen LogP) is 4.10. The molecule has 0 aliphatic rings. The van der Waals surface area contributed by atoms with Crippen LogP contribution in [0.5, 0.6) is 0 Å². The molecule has 0 unspecified atom stereocenters. The van der Waals surface area contributed by atoms with Gasteiger partial charge in [-0.15, -0.1) is 0 Å². The Morgan fingerprint density at radius 3 is 2.70 bits per heavy atom. The van der Waals surface area contributed by atoms with Crippen LogP contribution in [0.4, 0.5) is 17.5 Å². The summed E-state index contributed by atoms with van der Waals surface area (Å²) in [6.45, 7) is 7.87. The van der Waals surface area contributed by atoms with Gasteiger partial charge in [-0.2, -0.15) is 4.98 Å². The highest BCUT2D eigenvalue weighted by atomic mass is 16.5. The molecular weight excluding hydrogens is 288 g/mol. The second-order valence-electron chi connectivity index (χ2n) is 5.86. The lowest BCUT2D eigenvalue weighted by Crippen LogP contribution is -2.09. The lowest BCUT2D eigenvalue weighted by molar-refractivity contribution is 0.197. The molecule has 0 radical (unpaired) electrons. The minimum absolute atomic E-state index is 0.452. The number of aromatic nitrogens is 2. The van der Waals surface area contributed by atoms with Gasteiger partial charge in [0.25, 0.3) is 0 Å². The topological polar surface area (TPSA) is 59.1 Å². The van der Waals surface area contributed by atoms with Crippen molar-refractivity contribution in [2.24, 2.45) is 0 Å². The Morgan fingerprint density at radius 1 is 1.17 bits per heavy atom. The zero-order chi connectivity index (χ0) is 16.7. The average molecular weight is 314 g/mol. The summed E-state index contributed by atoms with van der Waals surface area (Å²) < 4.78 is 5.05. The Labute approximate surface area is 138 Å². The van der Waals surface area contributed by atoms with Gasteiger partial charge in [0.1, 0.15) is 5.82 Å². The van der Waals surface area contributed by atoms with Crippen LogP contribution >= 0.6 is 0 Å². The largest absolute Gasteiger partial charge is 0.385 e. The highest BCUT2D eigenvalue weighted by Crippen LogP contribution is 2.26. The van der Waals surface area contributed by atoms with Crippen molar-refractivity contribution < 1.29 is 4.74 Å². The van der Waals surface area contributed by atoms with Gasteiger partial charge in [0.15, 0.2) is 0 Å². The predicted molar refractivity (Wildman–Crippen MR) is 95.6 cm³/mol. The third-order valence-electron chi connectivity index (χ3n) is 3.51. The number of methoxy groups -OCH3 is 1. The van der Waals surface area contributed by atoms with Crippen LogP contribution in [0.15, 0.2) is 30.3 Å². The van der Waals surface area contributed by atoms with E-state index in [0.29, 0.717) is 11.9 Å². The maximum atomic E-state index is 5.05. The van der Waals surface area contributed by atoms with Crippen molar-refractivity contribution in [1.82, 2.24) is 9.97 Å². The molecule has 2 N–H and O–H groups in total. The summed E-state index contributed by atoms with van der Waals surface area (Å²) in [5, 5.41) is 6.66. The number of anilines is 3. The molecule has 0 aliphatic carbocycles. The first-order chi connectivity index (χ1) is 11.1. The van der Waals surface area contributed by atoms with Crippen LogP contribution in [0.25, 0.3) is 0 Å². The fourth-order valence-electron chi connectivity index (χ4n) is 2.38. The normalized spacial score (nSPS) is 10.8. The van der Waals surface area contributed by atoms with E-state index in [0.717, 1.165) is 36.8 Å². The molecule has 0 fully saturated rings. The standard InChI is InChI=1S/C18H26N4O/c1-13(2)15-8-5-6-9-16(15)21-17-12-14(3)20-18(22-17)19-10-7-11-23-4/h5-6,8-9,12-13H,7,10-11H2,1-4H3,(H2,19,20,21,22). The van der Waals surface area contributed by atoms with Gasteiger partial charge >= 0.3 is 0 Å². The first kappa shape index (κ1) is 17.2. The van der Waals surface area contributed by atoms with E-state index in [9.17, 15) is 0 Å². The maximum Gasteiger partial charge on any atom is 0.224 e. The van der Waals surface area contributed by atoms with E-state index >= 15 is 0 Å². The maximum absolute atomic E-state index is 5.05. The summed E-state index contributed by atoms with van der Waals surface area (Å²) in [6.07, 6.45) is 0.923. The van der Waals surface area contributed by atoms with Crippen LogP contribution in [-0.2, 0) is 4.74 Å². The number of nitrogens with one attached hydrogen (secondary N) is 2. The Morgan fingerprint density at radius 2 is 1.96 bits per heavy atom. The van der Waals surface area contributed by atoms with Gasteiger partial charge < -0.3 is 15.4 Å². The van der Waals surface area contributed by atoms with Crippen molar-refractivity contribution in [1.29, 1.82) is 0 Å². The lowest BCUT2D eigenvalue weighted by atomic mass is 10.0. The van der Waals surface area contributed by atoms with Gasteiger partial charge in [0.05, 0.1) is 0 Å². The lowest BCUT2D eigenvalue weighted by Gasteiger charge is -2.15. The fraction of sp³-hybridized carbons (Fsp3) is 0.444. The summed E-state index contributed by atoms with van der Waals surface area (Å²) in [4.78, 5) is 8.98. The zero-order valence-electron chi connectivity index (χ0n) is 14.4. The van der Waals surface area contributed by atoms with E-state index < -0.39 is 0 Å². The molecule has 5 heteroatoms. The van der Waals surface area contributed by atoms with Crippen molar-refractivity contribution >= 4 is 17.5 Å². The Bertz CT molecular complexity index is 628. The summed E-state index contributed by atoms with van der Waals surface area (Å²) >= 11 is 0. The number of hydrogen-bond acceptors (Lipinski definition) is 5. The number of rotatable bonds is 8. The molecule has 0 saturated carbocycles. The first-order valence-electron chi connectivity index (χ1n) is 8.04. The van der Waals surface area contributed by atoms with Crippen molar-refractivity contribution in [2.45, 2.75) is 33.1 Å². The second-order valence-corrected chi connectivity index (χ2v) is 5.86. The van der Waals surface area contributed by atoms with Crippen LogP contribution in [0, 0.1) is 6.92 Å². The SMILES string of the molecule is COCCCNc1nc(C)cc(Nc2ccccc2C(C)C)n1. The number of benzene rings is 1. The van der Waals surface area contributed by atoms with Crippen LogP contribution in [-0.4, -0.2) is 30.2 Å². The average Bonchev–Trinajstić information content (AvgIpc) is 2.51. The van der Waals surface area contributed by atoms with Gasteiger partial charge in [-0.25, -0.2) is 4.98 Å². The van der Waals surface area contributed by atoms with Crippen LogP contribution in [0.2, 0.25) is 0 Å². The molecule has 0 atom stereocenters. The van der Waals surface area contributed by atoms with Crippen molar-refractivity contribution in [3.63, 3.8) is 0 Å². The first-order valence-corrected chi connectivity index (χ1v) is 8.04. The minimum Gasteiger partial charge on any atom is -0.385 e. The van der Waals surface area contributed by atoms with E-state index in [1.54, 1.807) is 7.11 Å². The molecule has 124 valence electrons. The number of aryl methyl sites for hydroxylation is 1. The molecule has 1 aromatic carbocycles. The molecule has 1 aromatic heterocycles. The number of ether oxygens (including phenoxy) is 1. The number of nitrogens with zero attached hydrogens (tertiary/aromatic N) is 2. The second kappa shape index (κ2) is 8.48. The van der Waals surface area contributed by atoms with E-state index in [4.69, 9.17) is 4.74 Å². The molecule has 0 saturated heterocycles. The van der Waals surface area contributed by atoms with Gasteiger partial charge in [-0.3, -0.25) is 0 Å². The van der Waals surface area contributed by atoms with E-state index in [-0.39, 0.29) is 0 Å². The monoisotopic (exact) mass is 314 g/mol. The molecule has 2 aromatic rings. The summed E-state index contributed by atoms with van der Waals surface area (Å²) in [5.41, 5.74) is 3.29. The third-order valence-corrected chi connectivity index (χ3v) is 3.51. The Balaban J connectivity index is 2.12. The molecule has 23 heavy (non-hydrogen) atoms. The Hall–Kier alpha value is -2.14. The molecule has 2 rings (SSSR count). The molecule has 0 spiro atoms. The number of hydrogen-bond donors (Lipinski definition) is 2. The minimum atomic E-state index is 0.452. The molecule has 0 aliphatic heterocycles. The van der Waals surface area contributed by atoms with E-state index in [1.807, 2.05) is 19.1 Å². The van der Waals surface area contributed by atoms with Gasteiger partial charge in [0.2, 0.25) is 5.95 Å². The highest BCUT2D eigenvalue weighted by molar-refractivity contribution is 5.62. The van der Waals surface area contributed by atoms with Crippen LogP contribution < -0.4 is 10.6 Å². The molecule has 1 heterocycles. The van der Waals surface area contributed by atoms with E-state index in [2.05, 4.69) is 52.6 Å². The Kier molecular flexibility index (Phi) is 6.35. The third kappa shape index (κ3) is 5.21. The van der Waals surface area contributed by atoms with Crippen molar-refractivity contribution in [2.75, 3.05) is 30.9 Å². The fourth-order valence-corrected chi connectivity index (χ4v) is 2.38. The number of para-hydroxylation sites is 1. The molecule has 5 nitrogen and oxygen atoms in total. The van der Waals surface area contributed by atoms with Gasteiger partial charge in [0, 0.05) is 37.7 Å². The van der Waals surface area contributed by atoms with Crippen molar-refractivity contribution in [3.8, 4) is 0 Å². The zero-order valence-corrected chi connectivity index (χ0v) is 14.4. The quantitative estimate of drug-likeness (QED) is 0.718. The summed E-state index contributed by atoms with van der Waals surface area (Å²) in [5.74, 6) is 1.90. The van der Waals surface area contributed by atoms with Crippen molar-refractivity contribution in [3.05, 3.63) is 41.6 Å². The van der Waals surface area contributed by atoms with Gasteiger partial charge in [-0.1, -0.05) is 32.0 Å². The smallest absolute Gasteiger partial charge is 0.224 e. The summed E-state index contributed by atoms with van der Waals surface area (Å²) in [7, 11) is 1.71. The molecule has 0 amide bonds.